The minimum atomic E-state index is -1.56. The van der Waals surface area contributed by atoms with E-state index in [1.54, 1.807) is 0 Å². The Labute approximate surface area is 427 Å². The van der Waals surface area contributed by atoms with Crippen LogP contribution in [-0.2, 0) is 23.7 Å². The zero-order valence-electron chi connectivity index (χ0n) is 44.0. The number of carbonyl (C=O) groups excluding carboxylic acids is 1. The lowest BCUT2D eigenvalue weighted by Crippen LogP contribution is -2.59. The van der Waals surface area contributed by atoms with E-state index < -0.39 is 43.4 Å². The SMILES string of the molecule is CC/C=C\C/C=C\C/C=C\C/C=C\C/C=C\C/C=C\C/C=C\CCCC(=O)OC(COCCCCCCCCCCC/C=C\C/C=C\C/C=C\CCCCCCC)COC1OC(CO)C(O)C(O)C1O. The molecule has 0 aromatic rings. The first-order valence-electron chi connectivity index (χ1n) is 27.6. The third-order valence-electron chi connectivity index (χ3n) is 11.9. The molecule has 0 aromatic carbocycles. The summed E-state index contributed by atoms with van der Waals surface area (Å²) in [5.41, 5.74) is 0. The Morgan fingerprint density at radius 1 is 0.471 bits per heavy atom. The van der Waals surface area contributed by atoms with Crippen LogP contribution in [0.4, 0.5) is 0 Å². The van der Waals surface area contributed by atoms with Crippen LogP contribution in [0.5, 0.6) is 0 Å². The number of ether oxygens (including phenoxy) is 4. The molecule has 4 N–H and O–H groups in total. The Morgan fingerprint density at radius 3 is 1.31 bits per heavy atom. The van der Waals surface area contributed by atoms with Crippen molar-refractivity contribution in [1.82, 2.24) is 0 Å². The van der Waals surface area contributed by atoms with Gasteiger partial charge in [-0.25, -0.2) is 0 Å². The van der Waals surface area contributed by atoms with E-state index in [0.717, 1.165) is 89.9 Å². The number of unbranched alkanes of at least 4 members (excludes halogenated alkanes) is 15. The van der Waals surface area contributed by atoms with Crippen LogP contribution in [-0.4, -0.2) is 89.6 Å². The molecule has 0 amide bonds. The van der Waals surface area contributed by atoms with Gasteiger partial charge >= 0.3 is 5.97 Å². The highest BCUT2D eigenvalue weighted by Gasteiger charge is 2.44. The van der Waals surface area contributed by atoms with Gasteiger partial charge in [0.25, 0.3) is 0 Å². The molecule has 6 unspecified atom stereocenters. The van der Waals surface area contributed by atoms with E-state index in [-0.39, 0.29) is 25.6 Å². The number of esters is 1. The van der Waals surface area contributed by atoms with E-state index in [1.807, 2.05) is 0 Å². The summed E-state index contributed by atoms with van der Waals surface area (Å²) >= 11 is 0. The van der Waals surface area contributed by atoms with Crippen molar-refractivity contribution in [3.05, 3.63) is 122 Å². The van der Waals surface area contributed by atoms with E-state index in [4.69, 9.17) is 18.9 Å². The normalized spacial score (nSPS) is 19.9. The second-order valence-electron chi connectivity index (χ2n) is 18.3. The summed E-state index contributed by atoms with van der Waals surface area (Å²) in [6.45, 7) is 4.34. The average Bonchev–Trinajstić information content (AvgIpc) is 3.36. The molecule has 0 saturated carbocycles. The van der Waals surface area contributed by atoms with E-state index in [1.165, 1.54) is 77.0 Å². The second-order valence-corrected chi connectivity index (χ2v) is 18.3. The molecule has 1 aliphatic rings. The van der Waals surface area contributed by atoms with Gasteiger partial charge in [0.1, 0.15) is 30.5 Å². The molecule has 1 fully saturated rings. The minimum absolute atomic E-state index is 0.109. The Hall–Kier alpha value is -3.41. The molecule has 9 heteroatoms. The van der Waals surface area contributed by atoms with Gasteiger partial charge < -0.3 is 39.4 Å². The molecule has 0 aromatic heterocycles. The highest BCUT2D eigenvalue weighted by molar-refractivity contribution is 5.69. The summed E-state index contributed by atoms with van der Waals surface area (Å²) in [6.07, 6.45) is 66.7. The van der Waals surface area contributed by atoms with E-state index in [2.05, 4.69) is 135 Å². The molecule has 70 heavy (non-hydrogen) atoms. The maximum atomic E-state index is 12.8. The van der Waals surface area contributed by atoms with Gasteiger partial charge in [-0.05, 0) is 103 Å². The first-order chi connectivity index (χ1) is 34.4. The second kappa shape index (κ2) is 50.5. The number of aliphatic hydroxyl groups is 4. The van der Waals surface area contributed by atoms with Crippen LogP contribution in [0.25, 0.3) is 0 Å². The van der Waals surface area contributed by atoms with Gasteiger partial charge in [0.05, 0.1) is 19.8 Å². The molecule has 0 spiro atoms. The molecule has 1 saturated heterocycles. The van der Waals surface area contributed by atoms with E-state index in [9.17, 15) is 25.2 Å². The van der Waals surface area contributed by atoms with Gasteiger partial charge in [-0.1, -0.05) is 206 Å². The van der Waals surface area contributed by atoms with Crippen LogP contribution in [0.15, 0.2) is 122 Å². The molecule has 1 rings (SSSR count). The van der Waals surface area contributed by atoms with Crippen molar-refractivity contribution in [1.29, 1.82) is 0 Å². The number of rotatable bonds is 46. The molecular formula is C61H100O9. The Balaban J connectivity index is 2.25. The summed E-state index contributed by atoms with van der Waals surface area (Å²) in [6, 6.07) is 0. The van der Waals surface area contributed by atoms with Crippen LogP contribution in [0, 0.1) is 0 Å². The van der Waals surface area contributed by atoms with Gasteiger partial charge in [-0.15, -0.1) is 0 Å². The molecule has 0 aliphatic carbocycles. The highest BCUT2D eigenvalue weighted by Crippen LogP contribution is 2.22. The van der Waals surface area contributed by atoms with Gasteiger partial charge in [-0.2, -0.15) is 0 Å². The van der Waals surface area contributed by atoms with Crippen LogP contribution in [0.3, 0.4) is 0 Å². The number of aliphatic hydroxyl groups excluding tert-OH is 4. The molecule has 9 nitrogen and oxygen atoms in total. The molecule has 1 heterocycles. The number of hydrogen-bond acceptors (Lipinski definition) is 9. The smallest absolute Gasteiger partial charge is 0.306 e. The molecule has 0 bridgehead atoms. The lowest BCUT2D eigenvalue weighted by Gasteiger charge is -2.39. The maximum Gasteiger partial charge on any atom is 0.306 e. The fourth-order valence-electron chi connectivity index (χ4n) is 7.61. The standard InChI is InChI=1S/C61H100O9/c1-3-5-7-9-11-13-15-17-19-21-23-25-27-29-31-33-35-37-39-41-43-45-47-49-51-67-53-55(54-68-61-60(66)59(65)58(64)56(52-62)70-61)69-57(63)50-48-46-44-42-40-38-36-34-32-30-28-26-24-22-20-18-16-14-12-10-8-6-4-2/h6,8,12,14-15,17-18,20-21,23-24,26-27,29-30,32,36,38,42,44,55-56,58-62,64-66H,3-5,7,9-11,13,16,19,22,25,28,31,33-35,37,39-41,43,45-54H2,1-2H3/b8-6-,14-12-,17-15-,20-18-,23-21-,26-24-,29-27-,32-30-,38-36-,44-42-. The van der Waals surface area contributed by atoms with Crippen molar-refractivity contribution in [3.8, 4) is 0 Å². The van der Waals surface area contributed by atoms with Crippen molar-refractivity contribution < 1.29 is 44.2 Å². The molecule has 1 aliphatic heterocycles. The van der Waals surface area contributed by atoms with Crippen molar-refractivity contribution in [2.24, 2.45) is 0 Å². The summed E-state index contributed by atoms with van der Waals surface area (Å²) in [4.78, 5) is 12.8. The molecule has 6 atom stereocenters. The topological polar surface area (TPSA) is 135 Å². The molecule has 398 valence electrons. The average molecular weight is 977 g/mol. The van der Waals surface area contributed by atoms with Crippen molar-refractivity contribution in [3.63, 3.8) is 0 Å². The van der Waals surface area contributed by atoms with Crippen LogP contribution in [0.2, 0.25) is 0 Å². The highest BCUT2D eigenvalue weighted by atomic mass is 16.7. The number of carbonyl (C=O) groups is 1. The third-order valence-corrected chi connectivity index (χ3v) is 11.9. The quantitative estimate of drug-likeness (QED) is 0.0267. The first kappa shape index (κ1) is 64.6. The van der Waals surface area contributed by atoms with Gasteiger partial charge in [0.2, 0.25) is 0 Å². The summed E-state index contributed by atoms with van der Waals surface area (Å²) in [7, 11) is 0. The van der Waals surface area contributed by atoms with Gasteiger partial charge in [0, 0.05) is 13.0 Å². The summed E-state index contributed by atoms with van der Waals surface area (Å²) in [5, 5.41) is 40.3. The van der Waals surface area contributed by atoms with E-state index >= 15 is 0 Å². The Kier molecular flexibility index (Phi) is 46.6. The Bertz CT molecular complexity index is 1480. The lowest BCUT2D eigenvalue weighted by molar-refractivity contribution is -0.305. The first-order valence-corrected chi connectivity index (χ1v) is 27.6. The number of hydrogen-bond donors (Lipinski definition) is 4. The van der Waals surface area contributed by atoms with Crippen LogP contribution >= 0.6 is 0 Å². The van der Waals surface area contributed by atoms with Crippen molar-refractivity contribution in [2.45, 2.75) is 230 Å². The third kappa shape index (κ3) is 40.2. The zero-order chi connectivity index (χ0) is 50.6. The predicted molar refractivity (Wildman–Crippen MR) is 292 cm³/mol. The zero-order valence-corrected chi connectivity index (χ0v) is 44.0. The minimum Gasteiger partial charge on any atom is -0.457 e. The Morgan fingerprint density at radius 2 is 0.871 bits per heavy atom. The van der Waals surface area contributed by atoms with Crippen LogP contribution in [0.1, 0.15) is 194 Å². The summed E-state index contributed by atoms with van der Waals surface area (Å²) in [5.74, 6) is -0.377. The number of allylic oxidation sites excluding steroid dienone is 20. The fraction of sp³-hybridized carbons (Fsp3) is 0.656. The van der Waals surface area contributed by atoms with Crippen LogP contribution < -0.4 is 0 Å². The maximum absolute atomic E-state index is 12.8. The van der Waals surface area contributed by atoms with Crippen molar-refractivity contribution in [2.75, 3.05) is 26.4 Å². The van der Waals surface area contributed by atoms with E-state index in [0.29, 0.717) is 13.0 Å². The fourth-order valence-corrected chi connectivity index (χ4v) is 7.61. The predicted octanol–water partition coefficient (Wildman–Crippen LogP) is 14.3. The lowest BCUT2D eigenvalue weighted by atomic mass is 9.99. The monoisotopic (exact) mass is 977 g/mol. The largest absolute Gasteiger partial charge is 0.457 e. The summed E-state index contributed by atoms with van der Waals surface area (Å²) < 4.78 is 22.9. The van der Waals surface area contributed by atoms with Crippen molar-refractivity contribution >= 4 is 5.97 Å². The van der Waals surface area contributed by atoms with Gasteiger partial charge in [0.15, 0.2) is 6.29 Å². The molecule has 0 radical (unpaired) electrons. The van der Waals surface area contributed by atoms with Gasteiger partial charge in [-0.3, -0.25) is 4.79 Å². The molecular weight excluding hydrogens is 877 g/mol.